The number of allylic oxidation sites excluding steroid dienone is 2. The van der Waals surface area contributed by atoms with Gasteiger partial charge in [-0.05, 0) is 56.2 Å². The van der Waals surface area contributed by atoms with Crippen molar-refractivity contribution in [2.24, 2.45) is 23.7 Å². The number of carbonyl (C=O) groups excluding carboxylic acids is 1. The zero-order valence-corrected chi connectivity index (χ0v) is 18.2. The summed E-state index contributed by atoms with van der Waals surface area (Å²) in [7, 11) is 0. The van der Waals surface area contributed by atoms with Crippen molar-refractivity contribution in [3.63, 3.8) is 0 Å². The average Bonchev–Trinajstić information content (AvgIpc) is 3.46. The Morgan fingerprint density at radius 1 is 1.00 bits per heavy atom. The molecule has 1 saturated heterocycles. The predicted octanol–water partition coefficient (Wildman–Crippen LogP) is 2.75. The van der Waals surface area contributed by atoms with Gasteiger partial charge in [0.15, 0.2) is 11.5 Å². The molecule has 0 spiro atoms. The fourth-order valence-electron chi connectivity index (χ4n) is 6.22. The number of piperazine rings is 1. The summed E-state index contributed by atoms with van der Waals surface area (Å²) in [5.74, 6) is -0.0219. The summed E-state index contributed by atoms with van der Waals surface area (Å²) in [4.78, 5) is 29.8. The average molecular weight is 427 g/mol. The minimum atomic E-state index is -0.814. The molecule has 5 rings (SSSR count). The maximum atomic E-state index is 13.5. The van der Waals surface area contributed by atoms with Gasteiger partial charge in [-0.15, -0.1) is 0 Å². The molecule has 2 aliphatic carbocycles. The van der Waals surface area contributed by atoms with Gasteiger partial charge in [-0.1, -0.05) is 17.2 Å². The maximum absolute atomic E-state index is 13.5. The normalized spacial score (nSPS) is 29.5. The maximum Gasteiger partial charge on any atom is 0.307 e. The van der Waals surface area contributed by atoms with Crippen molar-refractivity contribution in [1.82, 2.24) is 9.80 Å². The van der Waals surface area contributed by atoms with Gasteiger partial charge in [0.2, 0.25) is 12.7 Å². The lowest BCUT2D eigenvalue weighted by molar-refractivity contribution is -0.153. The van der Waals surface area contributed by atoms with E-state index in [1.807, 2.05) is 17.0 Å². The van der Waals surface area contributed by atoms with Crippen LogP contribution < -0.4 is 9.47 Å². The summed E-state index contributed by atoms with van der Waals surface area (Å²) >= 11 is 0. The highest BCUT2D eigenvalue weighted by atomic mass is 16.7. The Kier molecular flexibility index (Phi) is 5.16. The van der Waals surface area contributed by atoms with Crippen LogP contribution in [0.1, 0.15) is 32.3 Å². The van der Waals surface area contributed by atoms with E-state index in [2.05, 4.69) is 24.8 Å². The van der Waals surface area contributed by atoms with Crippen LogP contribution in [0.3, 0.4) is 0 Å². The SMILES string of the molecule is CC(C)=C1C2CCC1C(C(=O)N1CCN(Cc3ccc4c(c3)OCO4)CC1)C2C(=O)O. The van der Waals surface area contributed by atoms with Gasteiger partial charge in [-0.3, -0.25) is 14.5 Å². The number of hydrogen-bond donors (Lipinski definition) is 1. The highest BCUT2D eigenvalue weighted by molar-refractivity contribution is 5.87. The molecule has 31 heavy (non-hydrogen) atoms. The van der Waals surface area contributed by atoms with Crippen LogP contribution in [0, 0.1) is 23.7 Å². The number of aliphatic carboxylic acids is 1. The van der Waals surface area contributed by atoms with E-state index >= 15 is 0 Å². The van der Waals surface area contributed by atoms with Crippen LogP contribution in [0.4, 0.5) is 0 Å². The zero-order valence-electron chi connectivity index (χ0n) is 18.2. The number of hydrogen-bond acceptors (Lipinski definition) is 5. The summed E-state index contributed by atoms with van der Waals surface area (Å²) in [6.07, 6.45) is 1.84. The number of amides is 1. The molecule has 7 heteroatoms. The quantitative estimate of drug-likeness (QED) is 0.746. The zero-order chi connectivity index (χ0) is 21.7. The number of carboxylic acid groups (broad SMARTS) is 1. The minimum Gasteiger partial charge on any atom is -0.481 e. The second kappa shape index (κ2) is 7.86. The largest absolute Gasteiger partial charge is 0.481 e. The molecule has 2 bridgehead atoms. The Labute approximate surface area is 182 Å². The number of fused-ring (bicyclic) bond motifs is 3. The lowest BCUT2D eigenvalue weighted by Crippen LogP contribution is -2.52. The van der Waals surface area contributed by atoms with Crippen molar-refractivity contribution >= 4 is 11.9 Å². The molecule has 4 aliphatic rings. The van der Waals surface area contributed by atoms with Gasteiger partial charge >= 0.3 is 5.97 Å². The highest BCUT2D eigenvalue weighted by Crippen LogP contribution is 2.57. The molecule has 2 heterocycles. The molecule has 7 nitrogen and oxygen atoms in total. The molecular weight excluding hydrogens is 396 g/mol. The molecule has 2 aliphatic heterocycles. The first-order chi connectivity index (χ1) is 14.9. The Morgan fingerprint density at radius 2 is 1.68 bits per heavy atom. The Bertz CT molecular complexity index is 930. The van der Waals surface area contributed by atoms with Crippen LogP contribution in [0.25, 0.3) is 0 Å². The molecule has 0 aromatic heterocycles. The monoisotopic (exact) mass is 426 g/mol. The van der Waals surface area contributed by atoms with Gasteiger partial charge < -0.3 is 19.5 Å². The van der Waals surface area contributed by atoms with Crippen LogP contribution in [0.15, 0.2) is 29.3 Å². The van der Waals surface area contributed by atoms with Gasteiger partial charge in [-0.2, -0.15) is 0 Å². The van der Waals surface area contributed by atoms with Crippen molar-refractivity contribution in [3.05, 3.63) is 34.9 Å². The third kappa shape index (κ3) is 3.49. The number of rotatable bonds is 4. The van der Waals surface area contributed by atoms with Gasteiger partial charge in [-0.25, -0.2) is 0 Å². The van der Waals surface area contributed by atoms with Crippen molar-refractivity contribution < 1.29 is 24.2 Å². The number of benzene rings is 1. The third-order valence-electron chi connectivity index (χ3n) is 7.52. The van der Waals surface area contributed by atoms with Crippen LogP contribution in [-0.4, -0.2) is 59.8 Å². The smallest absolute Gasteiger partial charge is 0.307 e. The van der Waals surface area contributed by atoms with Crippen LogP contribution in [0.2, 0.25) is 0 Å². The molecule has 1 N–H and O–H groups in total. The lowest BCUT2D eigenvalue weighted by atomic mass is 9.78. The van der Waals surface area contributed by atoms with E-state index in [0.29, 0.717) is 13.1 Å². The van der Waals surface area contributed by atoms with Crippen molar-refractivity contribution in [3.8, 4) is 11.5 Å². The molecule has 166 valence electrons. The van der Waals surface area contributed by atoms with E-state index in [4.69, 9.17) is 9.47 Å². The summed E-state index contributed by atoms with van der Waals surface area (Å²) in [6.45, 7) is 8.05. The second-order valence-corrected chi connectivity index (χ2v) is 9.42. The fourth-order valence-corrected chi connectivity index (χ4v) is 6.22. The topological polar surface area (TPSA) is 79.3 Å². The first-order valence-electron chi connectivity index (χ1n) is 11.2. The van der Waals surface area contributed by atoms with Crippen LogP contribution >= 0.6 is 0 Å². The number of nitrogens with zero attached hydrogens (tertiary/aromatic N) is 2. The standard InChI is InChI=1S/C24H30N2O5/c1-14(2)20-16-4-5-17(20)22(24(28)29)21(16)23(27)26-9-7-25(8-10-26)12-15-3-6-18-19(11-15)31-13-30-18/h3,6,11,16-17,21-22H,4-5,7-10,12-13H2,1-2H3,(H,28,29). The lowest BCUT2D eigenvalue weighted by Gasteiger charge is -2.38. The highest BCUT2D eigenvalue weighted by Gasteiger charge is 2.58. The van der Waals surface area contributed by atoms with Gasteiger partial charge in [0, 0.05) is 32.7 Å². The fraction of sp³-hybridized carbons (Fsp3) is 0.583. The molecule has 1 aromatic rings. The van der Waals surface area contributed by atoms with Gasteiger partial charge in [0.25, 0.3) is 0 Å². The number of carbonyl (C=O) groups is 2. The minimum absolute atomic E-state index is 0.0359. The molecule has 1 amide bonds. The van der Waals surface area contributed by atoms with E-state index < -0.39 is 17.8 Å². The van der Waals surface area contributed by atoms with Crippen molar-refractivity contribution in [2.45, 2.75) is 33.2 Å². The van der Waals surface area contributed by atoms with E-state index in [0.717, 1.165) is 49.5 Å². The van der Waals surface area contributed by atoms with E-state index in [1.54, 1.807) is 0 Å². The first kappa shape index (κ1) is 20.4. The Hall–Kier alpha value is -2.54. The predicted molar refractivity (Wildman–Crippen MR) is 114 cm³/mol. The van der Waals surface area contributed by atoms with E-state index in [9.17, 15) is 14.7 Å². The van der Waals surface area contributed by atoms with E-state index in [-0.39, 0.29) is 24.5 Å². The van der Waals surface area contributed by atoms with Crippen molar-refractivity contribution in [1.29, 1.82) is 0 Å². The molecule has 3 fully saturated rings. The Balaban J connectivity index is 1.24. The number of ether oxygens (including phenoxy) is 2. The van der Waals surface area contributed by atoms with Gasteiger partial charge in [0.05, 0.1) is 11.8 Å². The van der Waals surface area contributed by atoms with Crippen LogP contribution in [-0.2, 0) is 16.1 Å². The molecule has 4 unspecified atom stereocenters. The molecule has 2 saturated carbocycles. The van der Waals surface area contributed by atoms with Crippen molar-refractivity contribution in [2.75, 3.05) is 33.0 Å². The third-order valence-corrected chi connectivity index (χ3v) is 7.52. The summed E-state index contributed by atoms with van der Waals surface area (Å²) in [5.41, 5.74) is 3.60. The molecule has 1 aromatic carbocycles. The first-order valence-corrected chi connectivity index (χ1v) is 11.2. The summed E-state index contributed by atoms with van der Waals surface area (Å²) in [6, 6.07) is 6.02. The molecular formula is C24H30N2O5. The van der Waals surface area contributed by atoms with E-state index in [1.165, 1.54) is 11.1 Å². The molecule has 0 radical (unpaired) electrons. The van der Waals surface area contributed by atoms with Crippen LogP contribution in [0.5, 0.6) is 11.5 Å². The van der Waals surface area contributed by atoms with Gasteiger partial charge in [0.1, 0.15) is 0 Å². The number of carboxylic acids is 1. The second-order valence-electron chi connectivity index (χ2n) is 9.42. The Morgan fingerprint density at radius 3 is 2.35 bits per heavy atom. The molecule has 4 atom stereocenters. The summed E-state index contributed by atoms with van der Waals surface area (Å²) < 4.78 is 10.8. The summed E-state index contributed by atoms with van der Waals surface area (Å²) in [5, 5.41) is 9.90.